The predicted molar refractivity (Wildman–Crippen MR) is 380 cm³/mol. The maximum Gasteiger partial charge on any atom is 0.306 e. The van der Waals surface area contributed by atoms with E-state index in [0.29, 0.717) is 23.9 Å². The number of hydrogen-bond donors (Lipinski definition) is 0. The molecule has 0 spiro atoms. The van der Waals surface area contributed by atoms with Gasteiger partial charge >= 0.3 is 11.9 Å². The van der Waals surface area contributed by atoms with Crippen LogP contribution in [0.25, 0.3) is 0 Å². The SMILES string of the molecule is CC/C=C\C/C=C\C/C=C\C/C=C\C/C=C\CCCCCCCCCC(=O)OC(COC(=O)CCCCCCCCCCCCCCCCCCCCCCCCCCCCCCC/C=C\C/C=C\CCCCCCC)COC(OCC[N+](C)(C)C)C(=O)[O-]. The Balaban J connectivity index is 3.96. The first-order valence-electron chi connectivity index (χ1n) is 37.7. The highest BCUT2D eigenvalue weighted by molar-refractivity contribution is 5.70. The summed E-state index contributed by atoms with van der Waals surface area (Å²) >= 11 is 0. The first-order chi connectivity index (χ1) is 43.6. The molecule has 89 heavy (non-hydrogen) atoms. The van der Waals surface area contributed by atoms with Crippen LogP contribution in [-0.2, 0) is 33.3 Å². The first-order valence-corrected chi connectivity index (χ1v) is 37.7. The van der Waals surface area contributed by atoms with Crippen LogP contribution in [0.1, 0.15) is 348 Å². The highest BCUT2D eigenvalue weighted by Crippen LogP contribution is 2.19. The monoisotopic (exact) mass is 1250 g/mol. The van der Waals surface area contributed by atoms with Crippen LogP contribution in [0.3, 0.4) is 0 Å². The molecule has 0 rings (SSSR count). The third-order valence-corrected chi connectivity index (χ3v) is 16.6. The molecule has 9 heteroatoms. The molecule has 0 saturated carbocycles. The van der Waals surface area contributed by atoms with E-state index in [1.165, 1.54) is 231 Å². The number of likely N-dealkylation sites (N-methyl/N-ethyl adjacent to an activating group) is 1. The Bertz CT molecular complexity index is 1740. The minimum Gasteiger partial charge on any atom is -0.545 e. The highest BCUT2D eigenvalue weighted by atomic mass is 16.7. The van der Waals surface area contributed by atoms with Gasteiger partial charge in [-0.3, -0.25) is 9.59 Å². The van der Waals surface area contributed by atoms with Gasteiger partial charge in [-0.1, -0.05) is 330 Å². The molecule has 0 aliphatic heterocycles. The van der Waals surface area contributed by atoms with E-state index >= 15 is 0 Å². The minimum absolute atomic E-state index is 0.143. The van der Waals surface area contributed by atoms with Gasteiger partial charge in [0.15, 0.2) is 12.4 Å². The lowest BCUT2D eigenvalue weighted by Gasteiger charge is -2.26. The highest BCUT2D eigenvalue weighted by Gasteiger charge is 2.22. The van der Waals surface area contributed by atoms with Gasteiger partial charge in [0, 0.05) is 12.8 Å². The maximum absolute atomic E-state index is 12.9. The van der Waals surface area contributed by atoms with Gasteiger partial charge in [0.25, 0.3) is 0 Å². The van der Waals surface area contributed by atoms with Crippen molar-refractivity contribution >= 4 is 17.9 Å². The zero-order chi connectivity index (χ0) is 64.7. The summed E-state index contributed by atoms with van der Waals surface area (Å²) in [7, 11) is 5.93. The molecule has 0 aliphatic rings. The second kappa shape index (κ2) is 70.3. The van der Waals surface area contributed by atoms with Gasteiger partial charge < -0.3 is 33.3 Å². The summed E-state index contributed by atoms with van der Waals surface area (Å²) in [5, 5.41) is 11.8. The molecule has 0 bridgehead atoms. The number of aliphatic carboxylic acids is 1. The largest absolute Gasteiger partial charge is 0.545 e. The molecule has 0 N–H and O–H groups in total. The van der Waals surface area contributed by atoms with E-state index in [1.54, 1.807) is 0 Å². The first kappa shape index (κ1) is 85.5. The number of carbonyl (C=O) groups is 3. The lowest BCUT2D eigenvalue weighted by Crippen LogP contribution is -2.44. The van der Waals surface area contributed by atoms with Crippen LogP contribution in [-0.4, -0.2) is 82.3 Å². The van der Waals surface area contributed by atoms with E-state index in [2.05, 4.69) is 98.9 Å². The van der Waals surface area contributed by atoms with Crippen molar-refractivity contribution in [2.24, 2.45) is 0 Å². The molecule has 0 fully saturated rings. The summed E-state index contributed by atoms with van der Waals surface area (Å²) < 4.78 is 22.8. The quantitative estimate of drug-likeness (QED) is 0.0195. The molecule has 2 unspecified atom stereocenters. The molecular formula is C80H143NO8. The standard InChI is InChI=1S/C80H143NO8/c1-6-8-10-12-14-16-18-20-22-24-26-28-30-31-32-33-34-35-36-37-38-39-40-41-42-43-44-45-46-47-49-50-52-54-56-58-60-62-64-66-68-70-77(82)87-74-76(75-88-80(79(84)85)86-73-72-81(3,4)5)89-78(83)71-69-67-65-63-61-59-57-55-53-51-48-29-27-25-23-21-19-17-15-13-11-9-7-2/h9,11,15,17-18,20-21,23-24,26-27,29,51,53,76,80H,6-8,10,12-14,16,19,22,25,28,30-50,52,54-75H2,1-5H3/b11-9-,17-15-,20-18-,23-21-,26-24-,29-27-,53-51-. The van der Waals surface area contributed by atoms with Gasteiger partial charge in [-0.25, -0.2) is 0 Å². The smallest absolute Gasteiger partial charge is 0.306 e. The minimum atomic E-state index is -1.63. The van der Waals surface area contributed by atoms with Crippen LogP contribution in [0.2, 0.25) is 0 Å². The van der Waals surface area contributed by atoms with Crippen molar-refractivity contribution in [2.75, 3.05) is 47.5 Å². The van der Waals surface area contributed by atoms with Crippen LogP contribution in [0.5, 0.6) is 0 Å². The Labute approximate surface area is 550 Å². The van der Waals surface area contributed by atoms with Crippen molar-refractivity contribution in [3.63, 3.8) is 0 Å². The number of carboxylic acid groups (broad SMARTS) is 1. The van der Waals surface area contributed by atoms with Gasteiger partial charge in [0.05, 0.1) is 40.3 Å². The number of rotatable bonds is 70. The van der Waals surface area contributed by atoms with Crippen LogP contribution < -0.4 is 5.11 Å². The number of esters is 2. The van der Waals surface area contributed by atoms with E-state index in [-0.39, 0.29) is 32.2 Å². The van der Waals surface area contributed by atoms with E-state index in [4.69, 9.17) is 18.9 Å². The van der Waals surface area contributed by atoms with E-state index < -0.39 is 24.3 Å². The van der Waals surface area contributed by atoms with Crippen molar-refractivity contribution in [3.8, 4) is 0 Å². The molecule has 0 saturated heterocycles. The zero-order valence-corrected chi connectivity index (χ0v) is 59.0. The molecule has 0 aromatic carbocycles. The maximum atomic E-state index is 12.9. The van der Waals surface area contributed by atoms with Gasteiger partial charge in [-0.15, -0.1) is 0 Å². The fraction of sp³-hybridized carbons (Fsp3) is 0.787. The average molecular weight is 1250 g/mol. The van der Waals surface area contributed by atoms with Gasteiger partial charge in [0.2, 0.25) is 0 Å². The number of ether oxygens (including phenoxy) is 4. The van der Waals surface area contributed by atoms with Crippen molar-refractivity contribution < 1.29 is 42.9 Å². The van der Waals surface area contributed by atoms with Crippen LogP contribution in [0.15, 0.2) is 85.1 Å². The summed E-state index contributed by atoms with van der Waals surface area (Å²) in [4.78, 5) is 37.5. The Morgan fingerprint density at radius 3 is 0.955 bits per heavy atom. The summed E-state index contributed by atoms with van der Waals surface area (Å²) in [5.74, 6) is -2.29. The molecule has 0 heterocycles. The average Bonchev–Trinajstić information content (AvgIpc) is 3.64. The summed E-state index contributed by atoms with van der Waals surface area (Å²) in [5.41, 5.74) is 0. The summed E-state index contributed by atoms with van der Waals surface area (Å²) in [6.07, 6.45) is 92.7. The van der Waals surface area contributed by atoms with Crippen molar-refractivity contribution in [1.29, 1.82) is 0 Å². The second-order valence-corrected chi connectivity index (χ2v) is 26.6. The summed E-state index contributed by atoms with van der Waals surface area (Å²) in [6.45, 7) is 4.65. The Kier molecular flexibility index (Phi) is 67.6. The zero-order valence-electron chi connectivity index (χ0n) is 59.0. The van der Waals surface area contributed by atoms with E-state index in [0.717, 1.165) is 83.5 Å². The number of carbonyl (C=O) groups excluding carboxylic acids is 3. The van der Waals surface area contributed by atoms with E-state index in [1.807, 2.05) is 21.1 Å². The fourth-order valence-electron chi connectivity index (χ4n) is 10.9. The normalized spacial score (nSPS) is 13.1. The number of nitrogens with zero attached hydrogens (tertiary/aromatic N) is 1. The Morgan fingerprint density at radius 2 is 0.640 bits per heavy atom. The fourth-order valence-corrected chi connectivity index (χ4v) is 10.9. The van der Waals surface area contributed by atoms with Gasteiger partial charge in [0.1, 0.15) is 13.2 Å². The Morgan fingerprint density at radius 1 is 0.348 bits per heavy atom. The van der Waals surface area contributed by atoms with Crippen LogP contribution >= 0.6 is 0 Å². The van der Waals surface area contributed by atoms with Crippen molar-refractivity contribution in [1.82, 2.24) is 0 Å². The number of carboxylic acids is 1. The van der Waals surface area contributed by atoms with E-state index in [9.17, 15) is 19.5 Å². The van der Waals surface area contributed by atoms with Crippen molar-refractivity contribution in [2.45, 2.75) is 360 Å². The number of quaternary nitrogens is 1. The lowest BCUT2D eigenvalue weighted by molar-refractivity contribution is -0.870. The molecule has 0 aliphatic carbocycles. The second-order valence-electron chi connectivity index (χ2n) is 26.6. The van der Waals surface area contributed by atoms with Crippen LogP contribution in [0.4, 0.5) is 0 Å². The van der Waals surface area contributed by atoms with Gasteiger partial charge in [-0.05, 0) is 89.9 Å². The molecular weight excluding hydrogens is 1100 g/mol. The summed E-state index contributed by atoms with van der Waals surface area (Å²) in [6, 6.07) is 0. The number of allylic oxidation sites excluding steroid dienone is 14. The molecule has 0 radical (unpaired) electrons. The molecule has 9 nitrogen and oxygen atoms in total. The molecule has 516 valence electrons. The molecule has 0 aromatic heterocycles. The molecule has 0 aromatic rings. The molecule has 0 amide bonds. The van der Waals surface area contributed by atoms with Crippen LogP contribution in [0, 0.1) is 0 Å². The number of unbranched alkanes of at least 4 members (excludes halogenated alkanes) is 41. The third-order valence-electron chi connectivity index (χ3n) is 16.6. The Hall–Kier alpha value is -3.53. The topological polar surface area (TPSA) is 111 Å². The van der Waals surface area contributed by atoms with Gasteiger partial charge in [-0.2, -0.15) is 0 Å². The third kappa shape index (κ3) is 71.8. The van der Waals surface area contributed by atoms with Crippen molar-refractivity contribution in [3.05, 3.63) is 85.1 Å². The molecule has 2 atom stereocenters. The lowest BCUT2D eigenvalue weighted by atomic mass is 10.0. The number of hydrogen-bond acceptors (Lipinski definition) is 8. The predicted octanol–water partition coefficient (Wildman–Crippen LogP) is 22.5.